The molecule has 0 spiro atoms. The molecule has 17 nitrogen and oxygen atoms in total. The Morgan fingerprint density at radius 1 is 0.308 bits per heavy atom. The van der Waals surface area contributed by atoms with Crippen molar-refractivity contribution in [2.75, 3.05) is 39.6 Å². The van der Waals surface area contributed by atoms with Gasteiger partial charge in [0.2, 0.25) is 0 Å². The number of phosphoric acid groups is 2. The molecule has 0 bridgehead atoms. The number of unbranched alkanes of at least 4 members (excludes halogenated alkanes) is 34. The van der Waals surface area contributed by atoms with Gasteiger partial charge in [0.15, 0.2) is 12.2 Å². The van der Waals surface area contributed by atoms with Gasteiger partial charge in [0, 0.05) is 25.7 Å². The zero-order chi connectivity index (χ0) is 67.5. The van der Waals surface area contributed by atoms with Crippen molar-refractivity contribution >= 4 is 39.5 Å². The molecular formula is C72H140O17P2. The van der Waals surface area contributed by atoms with Crippen molar-refractivity contribution < 1.29 is 80.2 Å². The highest BCUT2D eigenvalue weighted by molar-refractivity contribution is 7.47. The van der Waals surface area contributed by atoms with Gasteiger partial charge in [-0.2, -0.15) is 0 Å². The van der Waals surface area contributed by atoms with E-state index in [4.69, 9.17) is 37.0 Å². The summed E-state index contributed by atoms with van der Waals surface area (Å²) in [4.78, 5) is 72.6. The molecule has 0 saturated carbocycles. The lowest BCUT2D eigenvalue weighted by Gasteiger charge is -2.21. The van der Waals surface area contributed by atoms with Crippen LogP contribution in [0.15, 0.2) is 0 Å². The third kappa shape index (κ3) is 65.1. The standard InChI is InChI=1S/C72H140O17P2/c1-9-65(8)51-43-35-30-31-37-45-53-70(75)83-59-68(89-72(77)55-47-39-29-23-21-26-34-42-50-64(6)7)61-87-91(80,81)85-57-66(73)56-84-90(78,79)86-60-67(88-71(76)54-46-38-28-22-20-25-33-41-49-63(4)5)58-82-69(74)52-44-36-27-19-17-15-13-11-10-12-14-16-18-24-32-40-48-62(2)3/h62-68,73H,9-61H2,1-8H3,(H,78,79)(H,80,81)/t65?,66-,67-,68-/m1/s1. The summed E-state index contributed by atoms with van der Waals surface area (Å²) in [6.07, 6.45) is 44.7. The Labute approximate surface area is 556 Å². The summed E-state index contributed by atoms with van der Waals surface area (Å²) in [6, 6.07) is 0. The van der Waals surface area contributed by atoms with Crippen molar-refractivity contribution in [3.05, 3.63) is 0 Å². The largest absolute Gasteiger partial charge is 0.472 e. The summed E-state index contributed by atoms with van der Waals surface area (Å²) in [5.41, 5.74) is 0. The van der Waals surface area contributed by atoms with Gasteiger partial charge in [-0.25, -0.2) is 9.13 Å². The van der Waals surface area contributed by atoms with E-state index in [1.807, 2.05) is 0 Å². The average Bonchev–Trinajstić information content (AvgIpc) is 3.70. The Morgan fingerprint density at radius 2 is 0.527 bits per heavy atom. The number of aliphatic hydroxyl groups excluding tert-OH is 1. The number of aliphatic hydroxyl groups is 1. The van der Waals surface area contributed by atoms with Crippen LogP contribution in [0.25, 0.3) is 0 Å². The van der Waals surface area contributed by atoms with Crippen LogP contribution in [0, 0.1) is 23.7 Å². The quantitative estimate of drug-likeness (QED) is 0.0222. The van der Waals surface area contributed by atoms with Gasteiger partial charge in [-0.15, -0.1) is 0 Å². The number of esters is 4. The molecule has 19 heteroatoms. The third-order valence-corrected chi connectivity index (χ3v) is 18.8. The number of rotatable bonds is 69. The van der Waals surface area contributed by atoms with Crippen molar-refractivity contribution in [2.45, 2.75) is 375 Å². The third-order valence-electron chi connectivity index (χ3n) is 16.9. The van der Waals surface area contributed by atoms with Crippen LogP contribution in [0.2, 0.25) is 0 Å². The maximum absolute atomic E-state index is 13.0. The van der Waals surface area contributed by atoms with Gasteiger partial charge in [0.05, 0.1) is 26.4 Å². The molecule has 540 valence electrons. The molecular weight excluding hydrogens is 1200 g/mol. The van der Waals surface area contributed by atoms with E-state index < -0.39 is 97.5 Å². The predicted molar refractivity (Wildman–Crippen MR) is 367 cm³/mol. The number of carbonyl (C=O) groups is 4. The Kier molecular flexibility index (Phi) is 60.3. The van der Waals surface area contributed by atoms with E-state index in [2.05, 4.69) is 55.4 Å². The van der Waals surface area contributed by atoms with E-state index in [1.165, 1.54) is 154 Å². The molecule has 0 amide bonds. The second-order valence-corrected chi connectivity index (χ2v) is 30.6. The molecule has 0 aromatic rings. The van der Waals surface area contributed by atoms with Crippen molar-refractivity contribution in [1.82, 2.24) is 0 Å². The van der Waals surface area contributed by atoms with Crippen molar-refractivity contribution in [2.24, 2.45) is 23.7 Å². The number of carbonyl (C=O) groups excluding carboxylic acids is 4. The fraction of sp³-hybridized carbons (Fsp3) is 0.944. The molecule has 0 aromatic carbocycles. The van der Waals surface area contributed by atoms with Gasteiger partial charge in [-0.05, 0) is 49.4 Å². The zero-order valence-corrected chi connectivity index (χ0v) is 61.3. The van der Waals surface area contributed by atoms with E-state index in [-0.39, 0.29) is 25.7 Å². The highest BCUT2D eigenvalue weighted by atomic mass is 31.2. The fourth-order valence-electron chi connectivity index (χ4n) is 10.8. The first-order valence-electron chi connectivity index (χ1n) is 37.2. The van der Waals surface area contributed by atoms with Gasteiger partial charge in [-0.3, -0.25) is 37.3 Å². The molecule has 0 rings (SSSR count). The maximum Gasteiger partial charge on any atom is 0.472 e. The van der Waals surface area contributed by atoms with Gasteiger partial charge in [0.1, 0.15) is 19.3 Å². The molecule has 0 fully saturated rings. The minimum atomic E-state index is -4.95. The highest BCUT2D eigenvalue weighted by Gasteiger charge is 2.30. The molecule has 3 N–H and O–H groups in total. The Hall–Kier alpha value is -1.94. The molecule has 3 unspecified atom stereocenters. The summed E-state index contributed by atoms with van der Waals surface area (Å²) >= 11 is 0. The molecule has 0 aromatic heterocycles. The Morgan fingerprint density at radius 3 is 0.780 bits per heavy atom. The smallest absolute Gasteiger partial charge is 0.462 e. The summed E-state index contributed by atoms with van der Waals surface area (Å²) in [6.45, 7) is 14.1. The molecule has 0 saturated heterocycles. The van der Waals surface area contributed by atoms with Gasteiger partial charge >= 0.3 is 39.5 Å². The van der Waals surface area contributed by atoms with E-state index in [0.717, 1.165) is 120 Å². The monoisotopic (exact) mass is 1340 g/mol. The molecule has 0 aliphatic rings. The van der Waals surface area contributed by atoms with Crippen LogP contribution < -0.4 is 0 Å². The van der Waals surface area contributed by atoms with E-state index in [9.17, 15) is 43.2 Å². The van der Waals surface area contributed by atoms with Crippen molar-refractivity contribution in [3.8, 4) is 0 Å². The topological polar surface area (TPSA) is 237 Å². The van der Waals surface area contributed by atoms with Crippen LogP contribution in [0.1, 0.15) is 357 Å². The molecule has 0 aliphatic heterocycles. The summed E-state index contributed by atoms with van der Waals surface area (Å²) < 4.78 is 68.3. The van der Waals surface area contributed by atoms with Crippen LogP contribution in [0.3, 0.4) is 0 Å². The van der Waals surface area contributed by atoms with Crippen LogP contribution in [0.4, 0.5) is 0 Å². The number of hydrogen-bond donors (Lipinski definition) is 3. The van der Waals surface area contributed by atoms with Crippen LogP contribution in [-0.2, 0) is 65.4 Å². The van der Waals surface area contributed by atoms with E-state index >= 15 is 0 Å². The molecule has 0 heterocycles. The van der Waals surface area contributed by atoms with Crippen LogP contribution >= 0.6 is 15.6 Å². The molecule has 0 radical (unpaired) electrons. The Balaban J connectivity index is 5.19. The lowest BCUT2D eigenvalue weighted by molar-refractivity contribution is -0.161. The molecule has 6 atom stereocenters. The number of phosphoric ester groups is 2. The number of hydrogen-bond acceptors (Lipinski definition) is 15. The summed E-state index contributed by atoms with van der Waals surface area (Å²) in [5, 5.41) is 10.6. The van der Waals surface area contributed by atoms with E-state index in [0.29, 0.717) is 25.7 Å². The second-order valence-electron chi connectivity index (χ2n) is 27.6. The van der Waals surface area contributed by atoms with Crippen molar-refractivity contribution in [3.63, 3.8) is 0 Å². The number of ether oxygens (including phenoxy) is 4. The van der Waals surface area contributed by atoms with Crippen molar-refractivity contribution in [1.29, 1.82) is 0 Å². The first-order chi connectivity index (χ1) is 43.6. The molecule has 0 aliphatic carbocycles. The Bertz CT molecular complexity index is 1800. The van der Waals surface area contributed by atoms with Crippen LogP contribution in [-0.4, -0.2) is 96.7 Å². The first kappa shape index (κ1) is 89.1. The van der Waals surface area contributed by atoms with E-state index in [1.54, 1.807) is 0 Å². The van der Waals surface area contributed by atoms with Gasteiger partial charge in [-0.1, -0.05) is 306 Å². The normalized spacial score (nSPS) is 14.5. The minimum Gasteiger partial charge on any atom is -0.462 e. The first-order valence-corrected chi connectivity index (χ1v) is 40.2. The second kappa shape index (κ2) is 61.6. The summed E-state index contributed by atoms with van der Waals surface area (Å²) in [5.74, 6) is 0.849. The fourth-order valence-corrected chi connectivity index (χ4v) is 12.4. The maximum atomic E-state index is 13.0. The lowest BCUT2D eigenvalue weighted by Crippen LogP contribution is -2.30. The van der Waals surface area contributed by atoms with Crippen LogP contribution in [0.5, 0.6) is 0 Å². The van der Waals surface area contributed by atoms with Gasteiger partial charge < -0.3 is 33.8 Å². The summed E-state index contributed by atoms with van der Waals surface area (Å²) in [7, 11) is -9.90. The highest BCUT2D eigenvalue weighted by Crippen LogP contribution is 2.45. The molecule has 91 heavy (non-hydrogen) atoms. The van der Waals surface area contributed by atoms with Gasteiger partial charge in [0.25, 0.3) is 0 Å². The lowest BCUT2D eigenvalue weighted by atomic mass is 10.00. The SMILES string of the molecule is CCC(C)CCCCCCCCC(=O)OC[C@H](COP(=O)(O)OC[C@H](O)COP(=O)(O)OC[C@@H](COC(=O)CCCCCCCCCCCCCCCCCCC(C)C)OC(=O)CCCCCCCCCCC(C)C)OC(=O)CCCCCCCCCCC(C)C. The minimum absolute atomic E-state index is 0.103. The average molecular weight is 1340 g/mol. The predicted octanol–water partition coefficient (Wildman–Crippen LogP) is 20.5. The zero-order valence-electron chi connectivity index (χ0n) is 59.5.